The van der Waals surface area contributed by atoms with E-state index < -0.39 is 0 Å². The monoisotopic (exact) mass is 356 g/mol. The van der Waals surface area contributed by atoms with E-state index in [1.807, 2.05) is 30.9 Å². The van der Waals surface area contributed by atoms with Gasteiger partial charge in [-0.2, -0.15) is 0 Å². The minimum absolute atomic E-state index is 0.0653. The quantitative estimate of drug-likeness (QED) is 0.808. The summed E-state index contributed by atoms with van der Waals surface area (Å²) in [5.74, 6) is -0.0387. The number of hydrogen-bond acceptors (Lipinski definition) is 3. The number of amides is 1. The predicted molar refractivity (Wildman–Crippen MR) is 94.3 cm³/mol. The Hall–Kier alpha value is -1.26. The topological polar surface area (TPSA) is 40.6 Å². The van der Waals surface area contributed by atoms with E-state index in [2.05, 4.69) is 4.90 Å². The van der Waals surface area contributed by atoms with Crippen molar-refractivity contribution in [3.05, 3.63) is 28.2 Å². The van der Waals surface area contributed by atoms with Crippen molar-refractivity contribution in [2.45, 2.75) is 26.7 Å². The Morgan fingerprint density at radius 1 is 1.09 bits per heavy atom. The predicted octanol–water partition coefficient (Wildman–Crippen LogP) is 3.65. The largest absolute Gasteiger partial charge is 0.368 e. The van der Waals surface area contributed by atoms with Crippen molar-refractivity contribution in [2.24, 2.45) is 5.92 Å². The fraction of sp³-hybridized carbons (Fsp3) is 0.529. The molecule has 0 saturated carbocycles. The number of nitrogens with zero attached hydrogens (tertiary/aromatic N) is 2. The second-order valence-corrected chi connectivity index (χ2v) is 6.81. The van der Waals surface area contributed by atoms with Crippen molar-refractivity contribution in [3.8, 4) is 0 Å². The highest BCUT2D eigenvalue weighted by Crippen LogP contribution is 2.26. The summed E-state index contributed by atoms with van der Waals surface area (Å²) in [6, 6.07) is 5.47. The van der Waals surface area contributed by atoms with Gasteiger partial charge < -0.3 is 9.80 Å². The summed E-state index contributed by atoms with van der Waals surface area (Å²) in [5.41, 5.74) is 0.976. The zero-order valence-corrected chi connectivity index (χ0v) is 15.0. The molecule has 1 fully saturated rings. The van der Waals surface area contributed by atoms with Gasteiger partial charge in [0, 0.05) is 60.7 Å². The Kier molecular flexibility index (Phi) is 6.31. The molecule has 23 heavy (non-hydrogen) atoms. The number of Topliss-reactive ketones (excluding diaryl/α,β-unsaturated/α-hetero) is 1. The molecule has 0 bridgehead atoms. The van der Waals surface area contributed by atoms with Crippen molar-refractivity contribution in [1.82, 2.24) is 4.90 Å². The molecule has 1 amide bonds. The van der Waals surface area contributed by atoms with E-state index in [-0.39, 0.29) is 17.6 Å². The van der Waals surface area contributed by atoms with Gasteiger partial charge in [-0.05, 0) is 18.2 Å². The molecule has 0 radical (unpaired) electrons. The number of piperazine rings is 1. The van der Waals surface area contributed by atoms with Crippen molar-refractivity contribution >= 4 is 40.6 Å². The van der Waals surface area contributed by atoms with Gasteiger partial charge in [0.1, 0.15) is 5.78 Å². The number of ketones is 1. The van der Waals surface area contributed by atoms with E-state index >= 15 is 0 Å². The summed E-state index contributed by atoms with van der Waals surface area (Å²) in [5, 5.41) is 1.22. The number of benzene rings is 1. The maximum atomic E-state index is 12.4. The van der Waals surface area contributed by atoms with Gasteiger partial charge in [-0.1, -0.05) is 37.0 Å². The number of carbonyl (C=O) groups excluding carboxylic acids is 2. The van der Waals surface area contributed by atoms with Crippen molar-refractivity contribution in [2.75, 3.05) is 31.1 Å². The number of rotatable bonds is 5. The summed E-state index contributed by atoms with van der Waals surface area (Å²) in [7, 11) is 0. The first kappa shape index (κ1) is 18.1. The Labute approximate surface area is 147 Å². The zero-order chi connectivity index (χ0) is 17.0. The summed E-state index contributed by atoms with van der Waals surface area (Å²) >= 11 is 12.1. The number of halogens is 2. The lowest BCUT2D eigenvalue weighted by molar-refractivity contribution is -0.137. The summed E-state index contributed by atoms with van der Waals surface area (Å²) in [6.07, 6.45) is 0.820. The van der Waals surface area contributed by atoms with E-state index in [1.54, 1.807) is 6.07 Å². The third-order valence-electron chi connectivity index (χ3n) is 4.15. The highest BCUT2D eigenvalue weighted by Gasteiger charge is 2.26. The summed E-state index contributed by atoms with van der Waals surface area (Å²) < 4.78 is 0. The van der Waals surface area contributed by atoms with Gasteiger partial charge in [0.15, 0.2) is 0 Å². The van der Waals surface area contributed by atoms with Crippen LogP contribution in [0.25, 0.3) is 0 Å². The van der Waals surface area contributed by atoms with Crippen LogP contribution in [0, 0.1) is 5.92 Å². The standard InChI is InChI=1S/C17H22Cl2N2O2/c1-3-16(22)8-12(2)17(23)21-6-4-20(5-7-21)15-10-13(18)9-14(19)11-15/h9-12H,3-8H2,1-2H3. The molecule has 1 aromatic rings. The van der Waals surface area contributed by atoms with Crippen LogP contribution >= 0.6 is 23.2 Å². The fourth-order valence-corrected chi connectivity index (χ4v) is 3.31. The lowest BCUT2D eigenvalue weighted by Crippen LogP contribution is -2.50. The van der Waals surface area contributed by atoms with Crippen molar-refractivity contribution in [3.63, 3.8) is 0 Å². The van der Waals surface area contributed by atoms with Gasteiger partial charge in [-0.25, -0.2) is 0 Å². The first-order chi connectivity index (χ1) is 10.9. The van der Waals surface area contributed by atoms with Crippen LogP contribution in [0.5, 0.6) is 0 Å². The highest BCUT2D eigenvalue weighted by molar-refractivity contribution is 6.35. The van der Waals surface area contributed by atoms with Crippen molar-refractivity contribution < 1.29 is 9.59 Å². The van der Waals surface area contributed by atoms with Crippen LogP contribution in [-0.4, -0.2) is 42.8 Å². The second kappa shape index (κ2) is 8.02. The van der Waals surface area contributed by atoms with E-state index in [0.29, 0.717) is 36.0 Å². The minimum Gasteiger partial charge on any atom is -0.368 e. The molecule has 0 aromatic heterocycles. The SMILES string of the molecule is CCC(=O)CC(C)C(=O)N1CCN(c2cc(Cl)cc(Cl)c2)CC1. The summed E-state index contributed by atoms with van der Waals surface area (Å²) in [6.45, 7) is 6.42. The number of carbonyl (C=O) groups is 2. The van der Waals surface area contributed by atoms with Crippen LogP contribution < -0.4 is 4.90 Å². The normalized spacial score (nSPS) is 16.3. The molecule has 0 N–H and O–H groups in total. The Morgan fingerprint density at radius 2 is 1.65 bits per heavy atom. The smallest absolute Gasteiger partial charge is 0.225 e. The molecular formula is C17H22Cl2N2O2. The fourth-order valence-electron chi connectivity index (χ4n) is 2.79. The van der Waals surface area contributed by atoms with Crippen LogP contribution in [0.3, 0.4) is 0 Å². The molecular weight excluding hydrogens is 335 g/mol. The van der Waals surface area contributed by atoms with Gasteiger partial charge in [-0.15, -0.1) is 0 Å². The lowest BCUT2D eigenvalue weighted by Gasteiger charge is -2.37. The first-order valence-electron chi connectivity index (χ1n) is 7.92. The van der Waals surface area contributed by atoms with Crippen LogP contribution in [0.15, 0.2) is 18.2 Å². The third-order valence-corrected chi connectivity index (χ3v) is 4.59. The molecule has 1 aromatic carbocycles. The molecule has 126 valence electrons. The molecule has 1 aliphatic heterocycles. The number of hydrogen-bond donors (Lipinski definition) is 0. The zero-order valence-electron chi connectivity index (χ0n) is 13.5. The van der Waals surface area contributed by atoms with E-state index in [1.165, 1.54) is 0 Å². The maximum absolute atomic E-state index is 12.4. The van der Waals surface area contributed by atoms with E-state index in [0.717, 1.165) is 18.8 Å². The minimum atomic E-state index is -0.241. The molecule has 6 heteroatoms. The first-order valence-corrected chi connectivity index (χ1v) is 8.67. The van der Waals surface area contributed by atoms with Gasteiger partial charge >= 0.3 is 0 Å². The van der Waals surface area contributed by atoms with Crippen LogP contribution in [0.1, 0.15) is 26.7 Å². The van der Waals surface area contributed by atoms with Gasteiger partial charge in [-0.3, -0.25) is 9.59 Å². The van der Waals surface area contributed by atoms with Crippen molar-refractivity contribution in [1.29, 1.82) is 0 Å². The molecule has 1 saturated heterocycles. The average Bonchev–Trinajstić information content (AvgIpc) is 2.53. The highest BCUT2D eigenvalue weighted by atomic mass is 35.5. The molecule has 2 rings (SSSR count). The Bertz CT molecular complexity index is 564. The molecule has 1 aliphatic rings. The Morgan fingerprint density at radius 3 is 2.17 bits per heavy atom. The van der Waals surface area contributed by atoms with Gasteiger partial charge in [0.25, 0.3) is 0 Å². The lowest BCUT2D eigenvalue weighted by atomic mass is 10.0. The average molecular weight is 357 g/mol. The van der Waals surface area contributed by atoms with Crippen LogP contribution in [-0.2, 0) is 9.59 Å². The molecule has 0 spiro atoms. The molecule has 0 aliphatic carbocycles. The third kappa shape index (κ3) is 4.85. The molecule has 4 nitrogen and oxygen atoms in total. The summed E-state index contributed by atoms with van der Waals surface area (Å²) in [4.78, 5) is 27.9. The molecule has 1 unspecified atom stereocenters. The number of anilines is 1. The van der Waals surface area contributed by atoms with Crippen LogP contribution in [0.2, 0.25) is 10.0 Å². The van der Waals surface area contributed by atoms with E-state index in [9.17, 15) is 9.59 Å². The van der Waals surface area contributed by atoms with E-state index in [4.69, 9.17) is 23.2 Å². The molecule has 1 atom stereocenters. The second-order valence-electron chi connectivity index (χ2n) is 5.94. The van der Waals surface area contributed by atoms with Crippen LogP contribution in [0.4, 0.5) is 5.69 Å². The van der Waals surface area contributed by atoms with Gasteiger partial charge in [0.05, 0.1) is 0 Å². The van der Waals surface area contributed by atoms with Gasteiger partial charge in [0.2, 0.25) is 5.91 Å². The maximum Gasteiger partial charge on any atom is 0.225 e. The Balaban J connectivity index is 1.92. The molecule has 1 heterocycles.